The number of fused-ring (bicyclic) bond motifs is 1. The summed E-state index contributed by atoms with van der Waals surface area (Å²) in [7, 11) is 0. The molecule has 0 aliphatic carbocycles. The van der Waals surface area contributed by atoms with Crippen LogP contribution in [-0.4, -0.2) is 22.6 Å². The van der Waals surface area contributed by atoms with E-state index in [2.05, 4.69) is 55.1 Å². The van der Waals surface area contributed by atoms with Crippen molar-refractivity contribution in [3.63, 3.8) is 0 Å². The van der Waals surface area contributed by atoms with Crippen LogP contribution >= 0.6 is 0 Å². The van der Waals surface area contributed by atoms with Crippen LogP contribution in [0, 0.1) is 13.8 Å². The Morgan fingerprint density at radius 3 is 2.82 bits per heavy atom. The van der Waals surface area contributed by atoms with Crippen molar-refractivity contribution in [1.29, 1.82) is 0 Å². The number of aryl methyl sites for hydroxylation is 2. The van der Waals surface area contributed by atoms with Gasteiger partial charge in [0.1, 0.15) is 5.82 Å². The zero-order valence-electron chi connectivity index (χ0n) is 11.1. The highest BCUT2D eigenvalue weighted by Crippen LogP contribution is 2.18. The summed E-state index contributed by atoms with van der Waals surface area (Å²) >= 11 is 0. The first-order valence-electron chi connectivity index (χ1n) is 6.29. The molecule has 1 unspecified atom stereocenters. The first kappa shape index (κ1) is 12.1. The fourth-order valence-electron chi connectivity index (χ4n) is 2.33. The number of hydrogen-bond donors (Lipinski definition) is 2. The summed E-state index contributed by atoms with van der Waals surface area (Å²) in [5.74, 6) is 1.07. The van der Waals surface area contributed by atoms with E-state index < -0.39 is 0 Å². The molecule has 0 bridgehead atoms. The third kappa shape index (κ3) is 2.67. The summed E-state index contributed by atoms with van der Waals surface area (Å²) in [5, 5.41) is 3.40. The molecule has 0 aliphatic heterocycles. The molecule has 2 N–H and O–H groups in total. The SMILES string of the molecule is CCNC(C)Cc1nc2c(C)cc(C)cc2[nH]1. The van der Waals surface area contributed by atoms with Crippen molar-refractivity contribution in [2.75, 3.05) is 6.54 Å². The van der Waals surface area contributed by atoms with Crippen LogP contribution in [0.1, 0.15) is 30.8 Å². The number of nitrogens with one attached hydrogen (secondary N) is 2. The highest BCUT2D eigenvalue weighted by Gasteiger charge is 2.08. The van der Waals surface area contributed by atoms with Crippen molar-refractivity contribution in [3.8, 4) is 0 Å². The Balaban J connectivity index is 2.28. The van der Waals surface area contributed by atoms with Gasteiger partial charge in [-0.05, 0) is 44.5 Å². The zero-order chi connectivity index (χ0) is 12.4. The van der Waals surface area contributed by atoms with Crippen LogP contribution in [0.3, 0.4) is 0 Å². The molecule has 2 rings (SSSR count). The van der Waals surface area contributed by atoms with Gasteiger partial charge in [0.15, 0.2) is 0 Å². The van der Waals surface area contributed by atoms with E-state index in [9.17, 15) is 0 Å². The number of H-pyrrole nitrogens is 1. The van der Waals surface area contributed by atoms with E-state index >= 15 is 0 Å². The second-order valence-electron chi connectivity index (χ2n) is 4.82. The summed E-state index contributed by atoms with van der Waals surface area (Å²) in [6.07, 6.45) is 0.945. The molecule has 0 saturated heterocycles. The topological polar surface area (TPSA) is 40.7 Å². The van der Waals surface area contributed by atoms with Crippen molar-refractivity contribution < 1.29 is 0 Å². The fraction of sp³-hybridized carbons (Fsp3) is 0.500. The smallest absolute Gasteiger partial charge is 0.108 e. The number of imidazole rings is 1. The van der Waals surface area contributed by atoms with E-state index in [1.807, 2.05) is 0 Å². The van der Waals surface area contributed by atoms with Gasteiger partial charge >= 0.3 is 0 Å². The minimum absolute atomic E-state index is 0.460. The van der Waals surface area contributed by atoms with E-state index in [0.717, 1.165) is 29.8 Å². The average molecular weight is 231 g/mol. The molecule has 92 valence electrons. The first-order valence-corrected chi connectivity index (χ1v) is 6.29. The van der Waals surface area contributed by atoms with Gasteiger partial charge < -0.3 is 10.3 Å². The minimum atomic E-state index is 0.460. The molecule has 0 spiro atoms. The second-order valence-corrected chi connectivity index (χ2v) is 4.82. The number of rotatable bonds is 4. The summed E-state index contributed by atoms with van der Waals surface area (Å²) in [6.45, 7) is 9.55. The number of aromatic amines is 1. The molecule has 0 amide bonds. The molecule has 0 saturated carbocycles. The van der Waals surface area contributed by atoms with Gasteiger partial charge in [0, 0.05) is 12.5 Å². The Bertz CT molecular complexity index is 513. The van der Waals surface area contributed by atoms with Crippen LogP contribution in [0.15, 0.2) is 12.1 Å². The van der Waals surface area contributed by atoms with Crippen molar-refractivity contribution in [1.82, 2.24) is 15.3 Å². The molecule has 0 fully saturated rings. The molecule has 1 aromatic heterocycles. The average Bonchev–Trinajstić information content (AvgIpc) is 2.60. The Morgan fingerprint density at radius 1 is 1.35 bits per heavy atom. The molecule has 2 aromatic rings. The molecular weight excluding hydrogens is 210 g/mol. The van der Waals surface area contributed by atoms with E-state index in [1.165, 1.54) is 11.1 Å². The lowest BCUT2D eigenvalue weighted by Crippen LogP contribution is -2.27. The standard InChI is InChI=1S/C14H21N3/c1-5-15-11(4)8-13-16-12-7-9(2)6-10(3)14(12)17-13/h6-7,11,15H,5,8H2,1-4H3,(H,16,17). The molecule has 1 atom stereocenters. The van der Waals surface area contributed by atoms with Crippen LogP contribution in [0.25, 0.3) is 11.0 Å². The lowest BCUT2D eigenvalue weighted by atomic mass is 10.1. The van der Waals surface area contributed by atoms with Crippen LogP contribution in [0.2, 0.25) is 0 Å². The van der Waals surface area contributed by atoms with Gasteiger partial charge in [-0.2, -0.15) is 0 Å². The molecule has 1 heterocycles. The zero-order valence-corrected chi connectivity index (χ0v) is 11.1. The van der Waals surface area contributed by atoms with Gasteiger partial charge in [-0.3, -0.25) is 0 Å². The highest BCUT2D eigenvalue weighted by atomic mass is 15.0. The third-order valence-electron chi connectivity index (χ3n) is 3.02. The van der Waals surface area contributed by atoms with Gasteiger partial charge in [0.05, 0.1) is 11.0 Å². The van der Waals surface area contributed by atoms with Crippen LogP contribution in [0.4, 0.5) is 0 Å². The van der Waals surface area contributed by atoms with Crippen molar-refractivity contribution in [3.05, 3.63) is 29.1 Å². The highest BCUT2D eigenvalue weighted by molar-refractivity contribution is 5.79. The maximum atomic E-state index is 4.68. The Labute approximate surface area is 103 Å². The maximum absolute atomic E-state index is 4.68. The quantitative estimate of drug-likeness (QED) is 0.849. The Kier molecular flexibility index (Phi) is 3.48. The van der Waals surface area contributed by atoms with E-state index in [-0.39, 0.29) is 0 Å². The third-order valence-corrected chi connectivity index (χ3v) is 3.02. The number of hydrogen-bond acceptors (Lipinski definition) is 2. The molecular formula is C14H21N3. The van der Waals surface area contributed by atoms with Gasteiger partial charge in [0.2, 0.25) is 0 Å². The normalized spacial score (nSPS) is 13.2. The molecule has 17 heavy (non-hydrogen) atoms. The second kappa shape index (κ2) is 4.88. The summed E-state index contributed by atoms with van der Waals surface area (Å²) in [5.41, 5.74) is 4.79. The molecule has 3 nitrogen and oxygen atoms in total. The molecule has 0 radical (unpaired) electrons. The van der Waals surface area contributed by atoms with Crippen molar-refractivity contribution in [2.24, 2.45) is 0 Å². The van der Waals surface area contributed by atoms with Crippen molar-refractivity contribution in [2.45, 2.75) is 40.2 Å². The van der Waals surface area contributed by atoms with Gasteiger partial charge in [-0.25, -0.2) is 4.98 Å². The lowest BCUT2D eigenvalue weighted by Gasteiger charge is -2.09. The number of likely N-dealkylation sites (N-methyl/N-ethyl adjacent to an activating group) is 1. The predicted molar refractivity (Wildman–Crippen MR) is 72.4 cm³/mol. The largest absolute Gasteiger partial charge is 0.342 e. The number of benzene rings is 1. The van der Waals surface area contributed by atoms with Crippen molar-refractivity contribution >= 4 is 11.0 Å². The van der Waals surface area contributed by atoms with Gasteiger partial charge in [-0.1, -0.05) is 13.0 Å². The number of nitrogens with zero attached hydrogens (tertiary/aromatic N) is 1. The summed E-state index contributed by atoms with van der Waals surface area (Å²) in [6, 6.07) is 4.80. The van der Waals surface area contributed by atoms with Crippen LogP contribution in [0.5, 0.6) is 0 Å². The summed E-state index contributed by atoms with van der Waals surface area (Å²) in [4.78, 5) is 8.10. The molecule has 0 aliphatic rings. The van der Waals surface area contributed by atoms with E-state index in [1.54, 1.807) is 0 Å². The Morgan fingerprint density at radius 2 is 2.12 bits per heavy atom. The number of aromatic nitrogens is 2. The maximum Gasteiger partial charge on any atom is 0.108 e. The molecule has 3 heteroatoms. The van der Waals surface area contributed by atoms with Crippen LogP contribution in [-0.2, 0) is 6.42 Å². The monoisotopic (exact) mass is 231 g/mol. The fourth-order valence-corrected chi connectivity index (χ4v) is 2.33. The minimum Gasteiger partial charge on any atom is -0.342 e. The van der Waals surface area contributed by atoms with E-state index in [4.69, 9.17) is 0 Å². The predicted octanol–water partition coefficient (Wildman–Crippen LogP) is 2.72. The lowest BCUT2D eigenvalue weighted by molar-refractivity contribution is 0.555. The molecule has 1 aromatic carbocycles. The van der Waals surface area contributed by atoms with E-state index in [0.29, 0.717) is 6.04 Å². The van der Waals surface area contributed by atoms with Crippen LogP contribution < -0.4 is 5.32 Å². The summed E-state index contributed by atoms with van der Waals surface area (Å²) < 4.78 is 0. The van der Waals surface area contributed by atoms with Gasteiger partial charge in [-0.15, -0.1) is 0 Å². The van der Waals surface area contributed by atoms with Gasteiger partial charge in [0.25, 0.3) is 0 Å². The first-order chi connectivity index (χ1) is 8.10. The Hall–Kier alpha value is -1.35.